The lowest BCUT2D eigenvalue weighted by Crippen LogP contribution is -2.24. The number of hydrogen-bond donors (Lipinski definition) is 1. The molecule has 0 aliphatic heterocycles. The zero-order chi connectivity index (χ0) is 16.7. The highest BCUT2D eigenvalue weighted by Gasteiger charge is 2.11. The Labute approximate surface area is 136 Å². The van der Waals surface area contributed by atoms with Crippen LogP contribution in [0.2, 0.25) is 0 Å². The topological polar surface area (TPSA) is 69.4 Å². The van der Waals surface area contributed by atoms with Crippen LogP contribution in [-0.4, -0.2) is 30.3 Å². The fourth-order valence-electron chi connectivity index (χ4n) is 2.07. The second-order valence-electron chi connectivity index (χ2n) is 5.26. The van der Waals surface area contributed by atoms with Crippen molar-refractivity contribution in [2.24, 2.45) is 0 Å². The van der Waals surface area contributed by atoms with Gasteiger partial charge in [0.2, 0.25) is 0 Å². The molecule has 1 aromatic carbocycles. The molecule has 0 saturated heterocycles. The van der Waals surface area contributed by atoms with E-state index in [9.17, 15) is 0 Å². The summed E-state index contributed by atoms with van der Waals surface area (Å²) in [5, 5.41) is 7.08. The maximum Gasteiger partial charge on any atom is 0.264 e. The van der Waals surface area contributed by atoms with Gasteiger partial charge in [-0.05, 0) is 38.1 Å². The first-order valence-electron chi connectivity index (χ1n) is 7.55. The van der Waals surface area contributed by atoms with Crippen molar-refractivity contribution in [3.05, 3.63) is 48.1 Å². The Morgan fingerprint density at radius 3 is 2.91 bits per heavy atom. The Morgan fingerprint density at radius 2 is 2.22 bits per heavy atom. The lowest BCUT2D eigenvalue weighted by Gasteiger charge is -2.10. The average molecular weight is 317 g/mol. The number of nitrogens with zero attached hydrogens (tertiary/aromatic N) is 2. The maximum absolute atomic E-state index is 5.73. The van der Waals surface area contributed by atoms with Gasteiger partial charge >= 0.3 is 0 Å². The van der Waals surface area contributed by atoms with E-state index in [1.165, 1.54) is 0 Å². The Kier molecular flexibility index (Phi) is 6.17. The normalized spacial score (nSPS) is 12.0. The van der Waals surface area contributed by atoms with Gasteiger partial charge in [-0.2, -0.15) is 4.98 Å². The molecule has 1 atom stereocenters. The van der Waals surface area contributed by atoms with Crippen molar-refractivity contribution >= 4 is 0 Å². The van der Waals surface area contributed by atoms with Crippen molar-refractivity contribution in [2.75, 3.05) is 14.2 Å². The first kappa shape index (κ1) is 17.0. The molecule has 2 rings (SSSR count). The van der Waals surface area contributed by atoms with Crippen LogP contribution in [0.4, 0.5) is 0 Å². The third kappa shape index (κ3) is 4.82. The lowest BCUT2D eigenvalue weighted by molar-refractivity contribution is 0.233. The predicted octanol–water partition coefficient (Wildman–Crippen LogP) is 2.54. The smallest absolute Gasteiger partial charge is 0.264 e. The van der Waals surface area contributed by atoms with Gasteiger partial charge in [0, 0.05) is 12.5 Å². The highest BCUT2D eigenvalue weighted by atomic mass is 16.5. The van der Waals surface area contributed by atoms with E-state index in [-0.39, 0.29) is 6.61 Å². The molecule has 0 saturated carbocycles. The molecule has 6 heteroatoms. The summed E-state index contributed by atoms with van der Waals surface area (Å²) >= 11 is 0. The zero-order valence-corrected chi connectivity index (χ0v) is 13.8. The summed E-state index contributed by atoms with van der Waals surface area (Å²) in [6.07, 6.45) is 3.34. The third-order valence-corrected chi connectivity index (χ3v) is 3.45. The number of likely N-dealkylation sites (N-methyl/N-ethyl adjacent to an activating group) is 1. The SMILES string of the molecule is C=CCc1ccc(OCc2nc(CC(C)NC)no2)c(OC)c1. The number of aromatic nitrogens is 2. The largest absolute Gasteiger partial charge is 0.493 e. The van der Waals surface area contributed by atoms with E-state index in [0.29, 0.717) is 35.7 Å². The zero-order valence-electron chi connectivity index (χ0n) is 13.8. The molecule has 0 spiro atoms. The Balaban J connectivity index is 1.99. The molecule has 1 aromatic heterocycles. The number of ether oxygens (including phenoxy) is 2. The van der Waals surface area contributed by atoms with Gasteiger partial charge < -0.3 is 19.3 Å². The summed E-state index contributed by atoms with van der Waals surface area (Å²) < 4.78 is 16.3. The minimum absolute atomic E-state index is 0.206. The minimum atomic E-state index is 0.206. The number of allylic oxidation sites excluding steroid dienone is 1. The van der Waals surface area contributed by atoms with E-state index < -0.39 is 0 Å². The highest BCUT2D eigenvalue weighted by molar-refractivity contribution is 5.43. The highest BCUT2D eigenvalue weighted by Crippen LogP contribution is 2.29. The Hall–Kier alpha value is -2.34. The van der Waals surface area contributed by atoms with Gasteiger partial charge in [-0.1, -0.05) is 17.3 Å². The van der Waals surface area contributed by atoms with Crippen LogP contribution in [0, 0.1) is 0 Å². The quantitative estimate of drug-likeness (QED) is 0.717. The molecule has 0 fully saturated rings. The van der Waals surface area contributed by atoms with Crippen molar-refractivity contribution in [2.45, 2.75) is 32.4 Å². The molecule has 124 valence electrons. The number of hydrogen-bond acceptors (Lipinski definition) is 6. The predicted molar refractivity (Wildman–Crippen MR) is 87.8 cm³/mol. The molecular formula is C17H23N3O3. The van der Waals surface area contributed by atoms with Crippen molar-refractivity contribution in [3.8, 4) is 11.5 Å². The number of nitrogens with one attached hydrogen (secondary N) is 1. The fraction of sp³-hybridized carbons (Fsp3) is 0.412. The summed E-state index contributed by atoms with van der Waals surface area (Å²) in [5.74, 6) is 2.43. The van der Waals surface area contributed by atoms with Crippen LogP contribution in [0.15, 0.2) is 35.4 Å². The van der Waals surface area contributed by atoms with Crippen LogP contribution in [-0.2, 0) is 19.4 Å². The van der Waals surface area contributed by atoms with Crippen LogP contribution < -0.4 is 14.8 Å². The first-order chi connectivity index (χ1) is 11.2. The van der Waals surface area contributed by atoms with Gasteiger partial charge in [-0.15, -0.1) is 6.58 Å². The molecule has 1 unspecified atom stereocenters. The molecular weight excluding hydrogens is 294 g/mol. The molecule has 0 bridgehead atoms. The summed E-state index contributed by atoms with van der Waals surface area (Å²) in [5.41, 5.74) is 1.12. The number of benzene rings is 1. The minimum Gasteiger partial charge on any atom is -0.493 e. The third-order valence-electron chi connectivity index (χ3n) is 3.45. The number of methoxy groups -OCH3 is 1. The van der Waals surface area contributed by atoms with E-state index >= 15 is 0 Å². The Bertz CT molecular complexity index is 640. The van der Waals surface area contributed by atoms with Crippen LogP contribution in [0.25, 0.3) is 0 Å². The van der Waals surface area contributed by atoms with Gasteiger partial charge in [0.1, 0.15) is 0 Å². The Morgan fingerprint density at radius 1 is 1.39 bits per heavy atom. The second-order valence-corrected chi connectivity index (χ2v) is 5.26. The standard InChI is InChI=1S/C17H23N3O3/c1-5-6-13-7-8-14(15(10-13)21-4)22-11-17-19-16(20-23-17)9-12(2)18-3/h5,7-8,10,12,18H,1,6,9,11H2,2-4H3. The van der Waals surface area contributed by atoms with E-state index in [0.717, 1.165) is 12.0 Å². The van der Waals surface area contributed by atoms with Crippen LogP contribution in [0.3, 0.4) is 0 Å². The van der Waals surface area contributed by atoms with Gasteiger partial charge in [-0.3, -0.25) is 0 Å². The van der Waals surface area contributed by atoms with Crippen molar-refractivity contribution in [1.82, 2.24) is 15.5 Å². The molecule has 6 nitrogen and oxygen atoms in total. The monoisotopic (exact) mass is 317 g/mol. The van der Waals surface area contributed by atoms with E-state index in [4.69, 9.17) is 14.0 Å². The molecule has 0 radical (unpaired) electrons. The summed E-state index contributed by atoms with van der Waals surface area (Å²) in [6, 6.07) is 6.08. The van der Waals surface area contributed by atoms with Gasteiger partial charge in [0.25, 0.3) is 5.89 Å². The summed E-state index contributed by atoms with van der Waals surface area (Å²) in [6.45, 7) is 6.00. The summed E-state index contributed by atoms with van der Waals surface area (Å²) in [7, 11) is 3.51. The first-order valence-corrected chi connectivity index (χ1v) is 7.55. The van der Waals surface area contributed by atoms with E-state index in [2.05, 4.69) is 29.0 Å². The van der Waals surface area contributed by atoms with Gasteiger partial charge in [0.05, 0.1) is 7.11 Å². The van der Waals surface area contributed by atoms with Gasteiger partial charge in [-0.25, -0.2) is 0 Å². The lowest BCUT2D eigenvalue weighted by atomic mass is 10.1. The molecule has 0 aliphatic rings. The second kappa shape index (κ2) is 8.33. The molecule has 0 amide bonds. The van der Waals surface area contributed by atoms with E-state index in [1.54, 1.807) is 7.11 Å². The van der Waals surface area contributed by atoms with Crippen molar-refractivity contribution in [3.63, 3.8) is 0 Å². The summed E-state index contributed by atoms with van der Waals surface area (Å²) in [4.78, 5) is 4.32. The van der Waals surface area contributed by atoms with Crippen LogP contribution in [0.1, 0.15) is 24.2 Å². The van der Waals surface area contributed by atoms with Gasteiger partial charge in [0.15, 0.2) is 23.9 Å². The molecule has 0 aliphatic carbocycles. The number of rotatable bonds is 9. The average Bonchev–Trinajstić information content (AvgIpc) is 3.01. The molecule has 1 heterocycles. The molecule has 23 heavy (non-hydrogen) atoms. The maximum atomic E-state index is 5.73. The van der Waals surface area contributed by atoms with Crippen molar-refractivity contribution < 1.29 is 14.0 Å². The van der Waals surface area contributed by atoms with E-state index in [1.807, 2.05) is 31.3 Å². The van der Waals surface area contributed by atoms with Crippen molar-refractivity contribution in [1.29, 1.82) is 0 Å². The molecule has 2 aromatic rings. The van der Waals surface area contributed by atoms with Crippen LogP contribution in [0.5, 0.6) is 11.5 Å². The molecule has 1 N–H and O–H groups in total. The van der Waals surface area contributed by atoms with Crippen LogP contribution >= 0.6 is 0 Å². The fourth-order valence-corrected chi connectivity index (χ4v) is 2.07.